The molecule has 1 unspecified atom stereocenters. The monoisotopic (exact) mass is 185 g/mol. The molecule has 0 spiro atoms. The number of hydrogen-bond donors (Lipinski definition) is 1. The summed E-state index contributed by atoms with van der Waals surface area (Å²) in [5, 5.41) is 4.03. The smallest absolute Gasteiger partial charge is 0.137 e. The van der Waals surface area contributed by atoms with Crippen molar-refractivity contribution in [3.05, 3.63) is 12.7 Å². The maximum Gasteiger partial charge on any atom is 0.137 e. The summed E-state index contributed by atoms with van der Waals surface area (Å²) in [5.74, 6) is 1.70. The second-order valence-corrected chi connectivity index (χ2v) is 3.51. The summed E-state index contributed by atoms with van der Waals surface area (Å²) in [5.41, 5.74) is 0. The SMILES string of the molecule is CC(CCS)CCn1cncn1. The molecule has 0 aliphatic rings. The molecule has 1 aromatic rings. The molecule has 0 saturated carbocycles. The third-order valence-electron chi connectivity index (χ3n) is 1.94. The molecule has 0 radical (unpaired) electrons. The van der Waals surface area contributed by atoms with E-state index in [9.17, 15) is 0 Å². The second kappa shape index (κ2) is 5.19. The van der Waals surface area contributed by atoms with E-state index in [1.54, 1.807) is 12.7 Å². The van der Waals surface area contributed by atoms with E-state index in [1.165, 1.54) is 6.42 Å². The maximum atomic E-state index is 4.19. The quantitative estimate of drug-likeness (QED) is 0.707. The average molecular weight is 185 g/mol. The summed E-state index contributed by atoms with van der Waals surface area (Å²) >= 11 is 4.19. The molecule has 0 saturated heterocycles. The van der Waals surface area contributed by atoms with Crippen LogP contribution in [0.25, 0.3) is 0 Å². The van der Waals surface area contributed by atoms with Crippen LogP contribution in [-0.2, 0) is 6.54 Å². The zero-order valence-electron chi connectivity index (χ0n) is 7.35. The third-order valence-corrected chi connectivity index (χ3v) is 2.20. The predicted molar refractivity (Wildman–Crippen MR) is 52.3 cm³/mol. The first-order valence-corrected chi connectivity index (χ1v) is 4.89. The molecule has 1 rings (SSSR count). The Balaban J connectivity index is 2.17. The minimum absolute atomic E-state index is 0.728. The Kier molecular flexibility index (Phi) is 4.14. The summed E-state index contributed by atoms with van der Waals surface area (Å²) < 4.78 is 1.87. The van der Waals surface area contributed by atoms with Gasteiger partial charge in [-0.1, -0.05) is 6.92 Å². The van der Waals surface area contributed by atoms with E-state index in [-0.39, 0.29) is 0 Å². The van der Waals surface area contributed by atoms with Gasteiger partial charge in [0, 0.05) is 6.54 Å². The molecule has 12 heavy (non-hydrogen) atoms. The zero-order chi connectivity index (χ0) is 8.81. The van der Waals surface area contributed by atoms with Gasteiger partial charge in [0.2, 0.25) is 0 Å². The molecule has 1 aromatic heterocycles. The lowest BCUT2D eigenvalue weighted by Crippen LogP contribution is -2.04. The van der Waals surface area contributed by atoms with Gasteiger partial charge in [0.15, 0.2) is 0 Å². The largest absolute Gasteiger partial charge is 0.253 e. The van der Waals surface area contributed by atoms with Crippen LogP contribution in [0.15, 0.2) is 12.7 Å². The van der Waals surface area contributed by atoms with Crippen molar-refractivity contribution in [3.63, 3.8) is 0 Å². The van der Waals surface area contributed by atoms with Gasteiger partial charge in [0.25, 0.3) is 0 Å². The number of nitrogens with zero attached hydrogens (tertiary/aromatic N) is 3. The highest BCUT2D eigenvalue weighted by molar-refractivity contribution is 7.80. The number of hydrogen-bond acceptors (Lipinski definition) is 3. The van der Waals surface area contributed by atoms with E-state index in [2.05, 4.69) is 29.6 Å². The van der Waals surface area contributed by atoms with Crippen molar-refractivity contribution in [2.24, 2.45) is 5.92 Å². The number of aryl methyl sites for hydroxylation is 1. The Morgan fingerprint density at radius 1 is 1.50 bits per heavy atom. The van der Waals surface area contributed by atoms with Crippen LogP contribution in [0.3, 0.4) is 0 Å². The van der Waals surface area contributed by atoms with Gasteiger partial charge < -0.3 is 0 Å². The Hall–Kier alpha value is -0.510. The molecule has 0 fully saturated rings. The number of rotatable bonds is 5. The van der Waals surface area contributed by atoms with Crippen LogP contribution in [0.2, 0.25) is 0 Å². The van der Waals surface area contributed by atoms with Gasteiger partial charge in [-0.3, -0.25) is 4.68 Å². The molecular weight excluding hydrogens is 170 g/mol. The van der Waals surface area contributed by atoms with E-state index in [0.717, 1.165) is 24.6 Å². The molecule has 0 amide bonds. The van der Waals surface area contributed by atoms with Crippen LogP contribution in [0.4, 0.5) is 0 Å². The van der Waals surface area contributed by atoms with Crippen LogP contribution in [0, 0.1) is 5.92 Å². The van der Waals surface area contributed by atoms with Gasteiger partial charge in [0.1, 0.15) is 12.7 Å². The summed E-state index contributed by atoms with van der Waals surface area (Å²) in [6, 6.07) is 0. The van der Waals surface area contributed by atoms with Crippen molar-refractivity contribution in [2.45, 2.75) is 26.3 Å². The first-order chi connectivity index (χ1) is 5.83. The Bertz CT molecular complexity index is 198. The minimum atomic E-state index is 0.728. The van der Waals surface area contributed by atoms with E-state index >= 15 is 0 Å². The van der Waals surface area contributed by atoms with Gasteiger partial charge in [-0.2, -0.15) is 17.7 Å². The molecule has 1 heterocycles. The Morgan fingerprint density at radius 3 is 2.92 bits per heavy atom. The van der Waals surface area contributed by atoms with Crippen LogP contribution in [0.5, 0.6) is 0 Å². The lowest BCUT2D eigenvalue weighted by molar-refractivity contribution is 0.451. The summed E-state index contributed by atoms with van der Waals surface area (Å²) in [4.78, 5) is 3.88. The predicted octanol–water partition coefficient (Wildman–Crippen LogP) is 1.62. The fraction of sp³-hybridized carbons (Fsp3) is 0.750. The summed E-state index contributed by atoms with van der Waals surface area (Å²) in [6.45, 7) is 3.21. The normalized spacial score (nSPS) is 13.2. The molecule has 0 bridgehead atoms. The van der Waals surface area contributed by atoms with Crippen molar-refractivity contribution >= 4 is 12.6 Å². The van der Waals surface area contributed by atoms with Gasteiger partial charge >= 0.3 is 0 Å². The van der Waals surface area contributed by atoms with Crippen LogP contribution in [0.1, 0.15) is 19.8 Å². The van der Waals surface area contributed by atoms with Crippen LogP contribution in [-0.4, -0.2) is 20.5 Å². The number of thiol groups is 1. The van der Waals surface area contributed by atoms with Gasteiger partial charge in [-0.25, -0.2) is 4.98 Å². The molecule has 0 N–H and O–H groups in total. The van der Waals surface area contributed by atoms with Crippen molar-refractivity contribution in [2.75, 3.05) is 5.75 Å². The fourth-order valence-electron chi connectivity index (χ4n) is 1.07. The van der Waals surface area contributed by atoms with Gasteiger partial charge in [-0.05, 0) is 24.5 Å². The second-order valence-electron chi connectivity index (χ2n) is 3.06. The lowest BCUT2D eigenvalue weighted by Gasteiger charge is -2.08. The third kappa shape index (κ3) is 3.26. The zero-order valence-corrected chi connectivity index (χ0v) is 8.24. The van der Waals surface area contributed by atoms with E-state index in [0.29, 0.717) is 0 Å². The van der Waals surface area contributed by atoms with Crippen molar-refractivity contribution in [1.29, 1.82) is 0 Å². The minimum Gasteiger partial charge on any atom is -0.253 e. The number of aromatic nitrogens is 3. The molecule has 4 heteroatoms. The highest BCUT2D eigenvalue weighted by Gasteiger charge is 2.00. The lowest BCUT2D eigenvalue weighted by atomic mass is 10.1. The Labute approximate surface area is 78.6 Å². The fourth-order valence-corrected chi connectivity index (χ4v) is 1.51. The maximum absolute atomic E-state index is 4.19. The molecule has 0 aliphatic heterocycles. The molecule has 3 nitrogen and oxygen atoms in total. The van der Waals surface area contributed by atoms with Gasteiger partial charge in [-0.15, -0.1) is 0 Å². The van der Waals surface area contributed by atoms with Crippen molar-refractivity contribution in [3.8, 4) is 0 Å². The average Bonchev–Trinajstić information content (AvgIpc) is 2.53. The molecule has 0 aromatic carbocycles. The van der Waals surface area contributed by atoms with Crippen molar-refractivity contribution in [1.82, 2.24) is 14.8 Å². The molecular formula is C8H15N3S. The van der Waals surface area contributed by atoms with Gasteiger partial charge in [0.05, 0.1) is 0 Å². The standard InChI is InChI=1S/C8H15N3S/c1-8(3-5-12)2-4-11-7-9-6-10-11/h6-8,12H,2-5H2,1H3. The molecule has 1 atom stereocenters. The topological polar surface area (TPSA) is 30.7 Å². The summed E-state index contributed by atoms with van der Waals surface area (Å²) in [6.07, 6.45) is 5.67. The highest BCUT2D eigenvalue weighted by Crippen LogP contribution is 2.08. The first kappa shape index (κ1) is 9.58. The van der Waals surface area contributed by atoms with E-state index in [4.69, 9.17) is 0 Å². The molecule has 68 valence electrons. The van der Waals surface area contributed by atoms with Crippen LogP contribution >= 0.6 is 12.6 Å². The highest BCUT2D eigenvalue weighted by atomic mass is 32.1. The summed E-state index contributed by atoms with van der Waals surface area (Å²) in [7, 11) is 0. The molecule has 0 aliphatic carbocycles. The van der Waals surface area contributed by atoms with Crippen molar-refractivity contribution < 1.29 is 0 Å². The van der Waals surface area contributed by atoms with E-state index in [1.807, 2.05) is 4.68 Å². The van der Waals surface area contributed by atoms with E-state index < -0.39 is 0 Å². The first-order valence-electron chi connectivity index (χ1n) is 4.26. The van der Waals surface area contributed by atoms with Crippen LogP contribution < -0.4 is 0 Å². The Morgan fingerprint density at radius 2 is 2.33 bits per heavy atom.